The van der Waals surface area contributed by atoms with Gasteiger partial charge in [-0.1, -0.05) is 62.8 Å². The van der Waals surface area contributed by atoms with E-state index in [-0.39, 0.29) is 46.6 Å². The smallest absolute Gasteiger partial charge is 0.294 e. The zero-order chi connectivity index (χ0) is 48.4. The Bertz CT molecular complexity index is 3110. The molecule has 4 heterocycles. The number of nitrogens with zero attached hydrogens (tertiary/aromatic N) is 6. The van der Waals surface area contributed by atoms with Crippen LogP contribution in [0.2, 0.25) is 0 Å². The van der Waals surface area contributed by atoms with Crippen LogP contribution in [-0.2, 0) is 52.9 Å². The van der Waals surface area contributed by atoms with Gasteiger partial charge in [0.1, 0.15) is 6.54 Å². The Hall–Kier alpha value is -5.49. The number of aromatic nitrogens is 3. The number of fused-ring (bicyclic) bond motifs is 2. The first-order chi connectivity index (χ1) is 30.8. The third-order valence-electron chi connectivity index (χ3n) is 11.4. The summed E-state index contributed by atoms with van der Waals surface area (Å²) in [5.41, 5.74) is 5.29. The summed E-state index contributed by atoms with van der Waals surface area (Å²) in [6.07, 6.45) is 10.9. The van der Waals surface area contributed by atoms with Crippen LogP contribution in [-0.4, -0.2) is 96.6 Å². The van der Waals surface area contributed by atoms with Crippen molar-refractivity contribution >= 4 is 76.1 Å². The van der Waals surface area contributed by atoms with Gasteiger partial charge < -0.3 is 10.2 Å². The molecular weight excluding hydrogens is 929 g/mol. The fourth-order valence-corrected chi connectivity index (χ4v) is 10.6. The summed E-state index contributed by atoms with van der Waals surface area (Å²) in [5, 5.41) is 11.6. The summed E-state index contributed by atoms with van der Waals surface area (Å²) < 4.78 is 93.7. The van der Waals surface area contributed by atoms with Crippen molar-refractivity contribution in [1.82, 2.24) is 20.1 Å². The van der Waals surface area contributed by atoms with E-state index in [4.69, 9.17) is 5.14 Å². The Morgan fingerprint density at radius 3 is 2.33 bits per heavy atom. The maximum Gasteiger partial charge on any atom is 0.294 e. The highest BCUT2D eigenvalue weighted by Crippen LogP contribution is 2.49. The Labute approximate surface area is 388 Å². The number of benzene rings is 2. The standard InChI is InChI=1S/C44H52N8O10S4/c1-7-8-24-51-35-13-10-9-12-32(35)43(2,3)37(51)20-15-29(16-21-38-44(4,5)33-27-31(66(60,61)62)17-19-36(33)52(38)25-11-26-64(55,56)57)34-18-14-30(28-47-34)40(54)46-23-22-39(53)48-41-50(6)49-42(63-41)65(45,58)59/h9-10,12-21,27-28H,7-8,11,22-26H2,1-6H3,(H4-,45,46,54,55,56,57,58,59,60,61,62)/p+1/b48-41+. The van der Waals surface area contributed by atoms with Crippen molar-refractivity contribution in [2.24, 2.45) is 17.2 Å². The van der Waals surface area contributed by atoms with Crippen molar-refractivity contribution < 1.29 is 48.5 Å². The molecule has 0 atom stereocenters. The Morgan fingerprint density at radius 2 is 1.70 bits per heavy atom. The van der Waals surface area contributed by atoms with Crippen molar-refractivity contribution in [3.63, 3.8) is 0 Å². The number of primary sulfonamides is 1. The van der Waals surface area contributed by atoms with Gasteiger partial charge in [0.2, 0.25) is 20.7 Å². The van der Waals surface area contributed by atoms with E-state index in [1.165, 1.54) is 30.9 Å². The zero-order valence-corrected chi connectivity index (χ0v) is 40.6. The molecule has 0 fully saturated rings. The Kier molecular flexibility index (Phi) is 14.7. The van der Waals surface area contributed by atoms with E-state index < -0.39 is 57.6 Å². The highest BCUT2D eigenvalue weighted by molar-refractivity contribution is 7.91. The van der Waals surface area contributed by atoms with Crippen LogP contribution in [0.3, 0.4) is 0 Å². The molecule has 352 valence electrons. The van der Waals surface area contributed by atoms with Crippen LogP contribution in [0, 0.1) is 0 Å². The molecule has 66 heavy (non-hydrogen) atoms. The number of anilines is 1. The lowest BCUT2D eigenvalue weighted by Crippen LogP contribution is -2.28. The van der Waals surface area contributed by atoms with Crippen molar-refractivity contribution in [2.75, 3.05) is 30.3 Å². The maximum absolute atomic E-state index is 13.2. The molecule has 0 unspecified atom stereocenters. The van der Waals surface area contributed by atoms with Crippen molar-refractivity contribution in [2.45, 2.75) is 80.4 Å². The minimum absolute atomic E-state index is 0.0222. The molecule has 0 saturated carbocycles. The second-order valence-electron chi connectivity index (χ2n) is 16.9. The van der Waals surface area contributed by atoms with Gasteiger partial charge in [0.25, 0.3) is 36.2 Å². The van der Waals surface area contributed by atoms with Gasteiger partial charge in [0.05, 0.1) is 27.3 Å². The van der Waals surface area contributed by atoms with Crippen LogP contribution in [0.4, 0.5) is 11.4 Å². The summed E-state index contributed by atoms with van der Waals surface area (Å²) in [6, 6.07) is 15.8. The summed E-state index contributed by atoms with van der Waals surface area (Å²) in [7, 11) is -11.5. The molecule has 0 spiro atoms. The number of para-hydroxylation sites is 1. The second-order valence-corrected chi connectivity index (χ2v) is 22.6. The molecule has 22 heteroatoms. The fraction of sp³-hybridized carbons (Fsp3) is 0.364. The molecule has 6 rings (SSSR count). The third-order valence-corrected chi connectivity index (χ3v) is 15.4. The number of amides is 2. The highest BCUT2D eigenvalue weighted by atomic mass is 32.2. The van der Waals surface area contributed by atoms with Crippen molar-refractivity contribution in [3.05, 3.63) is 118 Å². The van der Waals surface area contributed by atoms with E-state index in [0.29, 0.717) is 39.6 Å². The number of nitrogens with two attached hydrogens (primary N) is 1. The minimum atomic E-state index is -4.56. The van der Waals surface area contributed by atoms with Crippen LogP contribution in [0.15, 0.2) is 105 Å². The van der Waals surface area contributed by atoms with Crippen molar-refractivity contribution in [1.29, 1.82) is 0 Å². The first kappa shape index (κ1) is 49.9. The number of pyridine rings is 1. The average Bonchev–Trinajstić information content (AvgIpc) is 3.79. The second kappa shape index (κ2) is 19.4. The predicted octanol–water partition coefficient (Wildman–Crippen LogP) is 4.79. The number of carbonyl (C=O) groups excluding carboxylic acids is 2. The number of sulfonamides is 1. The normalized spacial score (nSPS) is 16.9. The maximum atomic E-state index is 13.2. The first-order valence-corrected chi connectivity index (χ1v) is 26.3. The SMILES string of the molecule is CCCC[N+]1=C(/C=C/C(=C/C=C2/N(CCCS(=O)(=O)O)c3ccc(S(=O)(=O)O)cc3C2(C)C)c2ccc(C(=O)NCCC(=O)/N=c3/sc(S(N)(=O)=O)nn3C)cn2)C(C)(C)c2ccccc21. The monoisotopic (exact) mass is 981 g/mol. The van der Waals surface area contributed by atoms with Gasteiger partial charge in [-0.2, -0.15) is 26.4 Å². The molecule has 2 aliphatic rings. The summed E-state index contributed by atoms with van der Waals surface area (Å²) >= 11 is 0.638. The number of rotatable bonds is 17. The van der Waals surface area contributed by atoms with E-state index in [9.17, 15) is 43.9 Å². The van der Waals surface area contributed by atoms with Gasteiger partial charge in [0.15, 0.2) is 5.71 Å². The number of nitrogens with one attached hydrogen (secondary N) is 1. The zero-order valence-electron chi connectivity index (χ0n) is 37.3. The molecule has 2 amide bonds. The van der Waals surface area contributed by atoms with Gasteiger partial charge in [-0.15, -0.1) is 5.10 Å². The molecule has 4 aromatic rings. The quantitative estimate of drug-likeness (QED) is 0.0631. The number of unbranched alkanes of at least 4 members (excludes halogenated alkanes) is 1. The first-order valence-electron chi connectivity index (χ1n) is 20.9. The minimum Gasteiger partial charge on any atom is -0.351 e. The fourth-order valence-electron chi connectivity index (χ4n) is 8.01. The van der Waals surface area contributed by atoms with E-state index in [1.54, 1.807) is 18.2 Å². The number of hydrogen-bond acceptors (Lipinski definition) is 12. The van der Waals surface area contributed by atoms with Gasteiger partial charge in [-0.05, 0) is 68.3 Å². The summed E-state index contributed by atoms with van der Waals surface area (Å²) in [5.74, 6) is -1.63. The number of aryl methyl sites for hydroxylation is 1. The molecule has 2 aliphatic heterocycles. The molecule has 0 radical (unpaired) electrons. The highest BCUT2D eigenvalue weighted by Gasteiger charge is 2.44. The lowest BCUT2D eigenvalue weighted by Gasteiger charge is -2.27. The molecule has 2 aromatic heterocycles. The van der Waals surface area contributed by atoms with E-state index >= 15 is 0 Å². The van der Waals surface area contributed by atoms with Crippen LogP contribution >= 0.6 is 11.3 Å². The van der Waals surface area contributed by atoms with Crippen LogP contribution in [0.25, 0.3) is 5.57 Å². The molecule has 0 bridgehead atoms. The van der Waals surface area contributed by atoms with Gasteiger partial charge in [0, 0.05) is 79.3 Å². The number of allylic oxidation sites excluding steroid dienone is 6. The van der Waals surface area contributed by atoms with Crippen LogP contribution in [0.5, 0.6) is 0 Å². The Balaban J connectivity index is 1.36. The van der Waals surface area contributed by atoms with E-state index in [2.05, 4.69) is 63.9 Å². The number of hydrogen-bond donors (Lipinski definition) is 4. The molecule has 5 N–H and O–H groups in total. The van der Waals surface area contributed by atoms with Crippen molar-refractivity contribution in [3.8, 4) is 0 Å². The van der Waals surface area contributed by atoms with Crippen LogP contribution < -0.4 is 20.2 Å². The molecule has 18 nitrogen and oxygen atoms in total. The predicted molar refractivity (Wildman–Crippen MR) is 251 cm³/mol. The number of carbonyl (C=O) groups is 2. The lowest BCUT2D eigenvalue weighted by atomic mass is 9.81. The lowest BCUT2D eigenvalue weighted by molar-refractivity contribution is -0.438. The molecular formula is C44H53N8O10S4+. The average molecular weight is 982 g/mol. The van der Waals surface area contributed by atoms with Gasteiger partial charge >= 0.3 is 0 Å². The van der Waals surface area contributed by atoms with Gasteiger partial charge in [-0.3, -0.25) is 23.7 Å². The third kappa shape index (κ3) is 11.2. The molecule has 0 saturated heterocycles. The molecule has 2 aromatic carbocycles. The van der Waals surface area contributed by atoms with Gasteiger partial charge in [-0.25, -0.2) is 18.2 Å². The summed E-state index contributed by atoms with van der Waals surface area (Å²) in [4.78, 5) is 36.0. The largest absolute Gasteiger partial charge is 0.351 e. The topological polar surface area (TPSA) is 264 Å². The Morgan fingerprint density at radius 1 is 0.970 bits per heavy atom. The molecule has 0 aliphatic carbocycles. The van der Waals surface area contributed by atoms with E-state index in [1.807, 2.05) is 49.1 Å². The van der Waals surface area contributed by atoms with E-state index in [0.717, 1.165) is 35.5 Å². The summed E-state index contributed by atoms with van der Waals surface area (Å²) in [6.45, 7) is 11.1. The van der Waals surface area contributed by atoms with Crippen LogP contribution in [0.1, 0.15) is 87.5 Å².